The first-order valence-corrected chi connectivity index (χ1v) is 6.51. The van der Waals surface area contributed by atoms with E-state index >= 15 is 0 Å². The molecule has 0 saturated carbocycles. The van der Waals surface area contributed by atoms with E-state index in [2.05, 4.69) is 21.3 Å². The van der Waals surface area contributed by atoms with Crippen molar-refractivity contribution in [2.45, 2.75) is 0 Å². The molecule has 0 aliphatic heterocycles. The lowest BCUT2D eigenvalue weighted by atomic mass is 10.1. The van der Waals surface area contributed by atoms with Gasteiger partial charge in [-0.2, -0.15) is 10.4 Å². The molecular formula is C17H12N4. The monoisotopic (exact) mass is 272 g/mol. The van der Waals surface area contributed by atoms with Crippen LogP contribution in [0, 0.1) is 11.3 Å². The van der Waals surface area contributed by atoms with Gasteiger partial charge < -0.3 is 0 Å². The molecule has 3 aromatic rings. The van der Waals surface area contributed by atoms with Gasteiger partial charge in [-0.25, -0.2) is 4.99 Å². The Balaban J connectivity index is 1.97. The fraction of sp³-hybridized carbons (Fsp3) is 0. The molecule has 0 unspecified atom stereocenters. The molecule has 4 nitrogen and oxygen atoms in total. The number of rotatable bonds is 3. The highest BCUT2D eigenvalue weighted by Crippen LogP contribution is 2.27. The molecule has 0 atom stereocenters. The summed E-state index contributed by atoms with van der Waals surface area (Å²) < 4.78 is 0. The van der Waals surface area contributed by atoms with Gasteiger partial charge in [0.15, 0.2) is 5.82 Å². The Kier molecular flexibility index (Phi) is 3.57. The Bertz CT molecular complexity index is 796. The quantitative estimate of drug-likeness (QED) is 0.739. The third-order valence-corrected chi connectivity index (χ3v) is 3.06. The van der Waals surface area contributed by atoms with Crippen molar-refractivity contribution in [3.05, 3.63) is 71.8 Å². The van der Waals surface area contributed by atoms with Crippen LogP contribution in [0.25, 0.3) is 11.3 Å². The lowest BCUT2D eigenvalue weighted by Crippen LogP contribution is -1.81. The topological polar surface area (TPSA) is 64.8 Å². The van der Waals surface area contributed by atoms with Crippen LogP contribution in [0.1, 0.15) is 11.1 Å². The molecule has 0 amide bonds. The summed E-state index contributed by atoms with van der Waals surface area (Å²) in [5.74, 6) is 0.403. The van der Waals surface area contributed by atoms with Crippen LogP contribution in [0.15, 0.2) is 65.7 Å². The molecule has 0 saturated heterocycles. The number of hydrogen-bond donors (Lipinski definition) is 1. The largest absolute Gasteiger partial charge is 0.274 e. The van der Waals surface area contributed by atoms with E-state index in [0.717, 1.165) is 11.1 Å². The van der Waals surface area contributed by atoms with E-state index in [4.69, 9.17) is 0 Å². The normalized spacial score (nSPS) is 10.6. The Labute approximate surface area is 122 Å². The summed E-state index contributed by atoms with van der Waals surface area (Å²) in [4.78, 5) is 4.30. The Morgan fingerprint density at radius 3 is 2.33 bits per heavy atom. The van der Waals surface area contributed by atoms with Gasteiger partial charge in [0.05, 0.1) is 5.69 Å². The van der Waals surface area contributed by atoms with Crippen LogP contribution < -0.4 is 0 Å². The summed E-state index contributed by atoms with van der Waals surface area (Å²) in [7, 11) is 0. The fourth-order valence-corrected chi connectivity index (χ4v) is 2.02. The van der Waals surface area contributed by atoms with Gasteiger partial charge in [-0.05, 0) is 5.56 Å². The van der Waals surface area contributed by atoms with Crippen LogP contribution in [0.3, 0.4) is 0 Å². The number of aliphatic imine (C=N–C) groups is 1. The van der Waals surface area contributed by atoms with E-state index < -0.39 is 0 Å². The maximum absolute atomic E-state index is 9.36. The standard InChI is InChI=1S/C17H12N4/c18-11-15-16(14-9-5-2-6-10-14)20-21-17(15)19-12-13-7-3-1-4-8-13/h1-10,12H,(H,20,21). The molecule has 1 N–H and O–H groups in total. The number of aromatic nitrogens is 2. The van der Waals surface area contributed by atoms with Crippen molar-refractivity contribution < 1.29 is 0 Å². The van der Waals surface area contributed by atoms with Crippen LogP contribution in [0.4, 0.5) is 5.82 Å². The summed E-state index contributed by atoms with van der Waals surface area (Å²) in [5, 5.41) is 16.4. The lowest BCUT2D eigenvalue weighted by Gasteiger charge is -1.96. The van der Waals surface area contributed by atoms with Crippen molar-refractivity contribution in [3.8, 4) is 17.3 Å². The summed E-state index contributed by atoms with van der Waals surface area (Å²) in [6, 6.07) is 21.5. The van der Waals surface area contributed by atoms with Crippen molar-refractivity contribution in [2.24, 2.45) is 4.99 Å². The molecule has 0 bridgehead atoms. The molecule has 2 aromatic carbocycles. The molecule has 0 aliphatic carbocycles. The summed E-state index contributed by atoms with van der Waals surface area (Å²) >= 11 is 0. The van der Waals surface area contributed by atoms with Crippen molar-refractivity contribution in [1.29, 1.82) is 5.26 Å². The zero-order valence-electron chi connectivity index (χ0n) is 11.2. The Morgan fingerprint density at radius 1 is 1.00 bits per heavy atom. The molecule has 100 valence electrons. The number of benzene rings is 2. The number of nitrogens with one attached hydrogen (secondary N) is 1. The molecule has 0 fully saturated rings. The van der Waals surface area contributed by atoms with Crippen LogP contribution >= 0.6 is 0 Å². The second-order valence-corrected chi connectivity index (χ2v) is 4.44. The highest BCUT2D eigenvalue weighted by atomic mass is 15.2. The van der Waals surface area contributed by atoms with Gasteiger partial charge in [0.2, 0.25) is 0 Å². The van der Waals surface area contributed by atoms with Gasteiger partial charge >= 0.3 is 0 Å². The number of nitrogens with zero attached hydrogens (tertiary/aromatic N) is 3. The third-order valence-electron chi connectivity index (χ3n) is 3.06. The minimum absolute atomic E-state index is 0.403. The van der Waals surface area contributed by atoms with E-state index in [1.807, 2.05) is 60.7 Å². The first-order chi connectivity index (χ1) is 10.4. The summed E-state index contributed by atoms with van der Waals surface area (Å²) in [5.41, 5.74) is 3.03. The fourth-order valence-electron chi connectivity index (χ4n) is 2.02. The molecule has 3 rings (SSSR count). The SMILES string of the molecule is N#Cc1c(N=Cc2ccccc2)n[nH]c1-c1ccccc1. The average Bonchev–Trinajstić information content (AvgIpc) is 2.97. The van der Waals surface area contributed by atoms with Crippen LogP contribution in [-0.4, -0.2) is 16.4 Å². The molecule has 0 spiro atoms. The van der Waals surface area contributed by atoms with Gasteiger partial charge in [0.25, 0.3) is 0 Å². The average molecular weight is 272 g/mol. The van der Waals surface area contributed by atoms with Crippen LogP contribution in [0.5, 0.6) is 0 Å². The second kappa shape index (κ2) is 5.85. The molecule has 0 aliphatic rings. The predicted molar refractivity (Wildman–Crippen MR) is 82.4 cm³/mol. The molecule has 4 heteroatoms. The second-order valence-electron chi connectivity index (χ2n) is 4.44. The van der Waals surface area contributed by atoms with E-state index in [9.17, 15) is 5.26 Å². The molecule has 21 heavy (non-hydrogen) atoms. The molecule has 0 radical (unpaired) electrons. The Hall–Kier alpha value is -3.19. The van der Waals surface area contributed by atoms with Crippen LogP contribution in [0.2, 0.25) is 0 Å². The number of nitriles is 1. The molecule has 1 aromatic heterocycles. The van der Waals surface area contributed by atoms with Crippen molar-refractivity contribution in [1.82, 2.24) is 10.2 Å². The predicted octanol–water partition coefficient (Wildman–Crippen LogP) is 3.70. The van der Waals surface area contributed by atoms with E-state index in [-0.39, 0.29) is 0 Å². The zero-order chi connectivity index (χ0) is 14.5. The maximum atomic E-state index is 9.36. The van der Waals surface area contributed by atoms with E-state index in [0.29, 0.717) is 17.1 Å². The Morgan fingerprint density at radius 2 is 1.67 bits per heavy atom. The number of hydrogen-bond acceptors (Lipinski definition) is 3. The maximum Gasteiger partial charge on any atom is 0.192 e. The minimum atomic E-state index is 0.403. The van der Waals surface area contributed by atoms with Crippen molar-refractivity contribution in [3.63, 3.8) is 0 Å². The van der Waals surface area contributed by atoms with Gasteiger partial charge in [-0.3, -0.25) is 5.10 Å². The lowest BCUT2D eigenvalue weighted by molar-refractivity contribution is 1.09. The highest BCUT2D eigenvalue weighted by molar-refractivity contribution is 5.83. The van der Waals surface area contributed by atoms with Gasteiger partial charge in [-0.1, -0.05) is 60.7 Å². The smallest absolute Gasteiger partial charge is 0.192 e. The first kappa shape index (κ1) is 12.8. The molecular weight excluding hydrogens is 260 g/mol. The summed E-state index contributed by atoms with van der Waals surface area (Å²) in [6.45, 7) is 0. The first-order valence-electron chi connectivity index (χ1n) is 6.51. The van der Waals surface area contributed by atoms with Crippen molar-refractivity contribution >= 4 is 12.0 Å². The van der Waals surface area contributed by atoms with Gasteiger partial charge in [0.1, 0.15) is 11.6 Å². The van der Waals surface area contributed by atoms with E-state index in [1.54, 1.807) is 6.21 Å². The van der Waals surface area contributed by atoms with Gasteiger partial charge in [0, 0.05) is 11.8 Å². The zero-order valence-corrected chi connectivity index (χ0v) is 11.2. The van der Waals surface area contributed by atoms with Crippen LogP contribution in [-0.2, 0) is 0 Å². The molecule has 1 heterocycles. The summed E-state index contributed by atoms with van der Waals surface area (Å²) in [6.07, 6.45) is 1.70. The minimum Gasteiger partial charge on any atom is -0.274 e. The number of H-pyrrole nitrogens is 1. The number of aromatic amines is 1. The third kappa shape index (κ3) is 2.72. The van der Waals surface area contributed by atoms with Gasteiger partial charge in [-0.15, -0.1) is 0 Å². The van der Waals surface area contributed by atoms with Crippen molar-refractivity contribution in [2.75, 3.05) is 0 Å². The highest BCUT2D eigenvalue weighted by Gasteiger charge is 2.13. The van der Waals surface area contributed by atoms with E-state index in [1.165, 1.54) is 0 Å².